The first kappa shape index (κ1) is 8.09. The molecule has 2 atom stereocenters. The fourth-order valence-electron chi connectivity index (χ4n) is 2.73. The van der Waals surface area contributed by atoms with Crippen molar-refractivity contribution in [2.24, 2.45) is 5.92 Å². The number of hydrogen-bond donors (Lipinski definition) is 0. The molecule has 0 aromatic carbocycles. The predicted octanol–water partition coefficient (Wildman–Crippen LogP) is 1.80. The van der Waals surface area contributed by atoms with Crippen molar-refractivity contribution in [1.82, 2.24) is 4.90 Å². The fraction of sp³-hybridized carbons (Fsp3) is 0.900. The van der Waals surface area contributed by atoms with Gasteiger partial charge in [-0.1, -0.05) is 13.3 Å². The molecule has 0 aliphatic carbocycles. The molecular formula is C10H17NO. The summed E-state index contributed by atoms with van der Waals surface area (Å²) in [6, 6.07) is 0.608. The van der Waals surface area contributed by atoms with E-state index in [9.17, 15) is 4.79 Å². The Balaban J connectivity index is 2.09. The number of nitrogens with zero attached hydrogens (tertiary/aromatic N) is 1. The maximum absolute atomic E-state index is 11.4. The van der Waals surface area contributed by atoms with Gasteiger partial charge < -0.3 is 4.90 Å². The Morgan fingerprint density at radius 1 is 1.50 bits per heavy atom. The SMILES string of the molecule is CC[C@H]1CCCN2C(=O)CC[C@@H]12. The zero-order valence-corrected chi connectivity index (χ0v) is 7.75. The van der Waals surface area contributed by atoms with E-state index >= 15 is 0 Å². The second kappa shape index (κ2) is 3.08. The normalized spacial score (nSPS) is 35.4. The van der Waals surface area contributed by atoms with E-state index in [0.29, 0.717) is 11.9 Å². The Bertz CT molecular complexity index is 190. The van der Waals surface area contributed by atoms with Crippen molar-refractivity contribution < 1.29 is 4.79 Å². The van der Waals surface area contributed by atoms with Crippen molar-refractivity contribution in [2.45, 2.75) is 45.1 Å². The Hall–Kier alpha value is -0.530. The van der Waals surface area contributed by atoms with E-state index in [0.717, 1.165) is 25.3 Å². The molecule has 0 bridgehead atoms. The first-order chi connectivity index (χ1) is 5.83. The van der Waals surface area contributed by atoms with Gasteiger partial charge in [0.2, 0.25) is 5.91 Å². The van der Waals surface area contributed by atoms with Gasteiger partial charge in [0.25, 0.3) is 0 Å². The second-order valence-electron chi connectivity index (χ2n) is 4.00. The second-order valence-corrected chi connectivity index (χ2v) is 4.00. The van der Waals surface area contributed by atoms with E-state index in [1.165, 1.54) is 19.3 Å². The van der Waals surface area contributed by atoms with Crippen molar-refractivity contribution >= 4 is 5.91 Å². The molecule has 2 heteroatoms. The predicted molar refractivity (Wildman–Crippen MR) is 47.8 cm³/mol. The molecule has 2 aliphatic rings. The maximum atomic E-state index is 11.4. The van der Waals surface area contributed by atoms with Gasteiger partial charge >= 0.3 is 0 Å². The number of hydrogen-bond acceptors (Lipinski definition) is 1. The molecule has 2 aliphatic heterocycles. The summed E-state index contributed by atoms with van der Waals surface area (Å²) in [4.78, 5) is 13.5. The number of carbonyl (C=O) groups is 1. The first-order valence-electron chi connectivity index (χ1n) is 5.12. The summed E-state index contributed by atoms with van der Waals surface area (Å²) in [5, 5.41) is 0. The molecule has 0 saturated carbocycles. The van der Waals surface area contributed by atoms with Gasteiger partial charge in [-0.25, -0.2) is 0 Å². The summed E-state index contributed by atoms with van der Waals surface area (Å²) >= 11 is 0. The van der Waals surface area contributed by atoms with Crippen LogP contribution in [0.15, 0.2) is 0 Å². The van der Waals surface area contributed by atoms with Crippen LogP contribution in [-0.4, -0.2) is 23.4 Å². The highest BCUT2D eigenvalue weighted by atomic mass is 16.2. The van der Waals surface area contributed by atoms with Crippen LogP contribution in [0.3, 0.4) is 0 Å². The van der Waals surface area contributed by atoms with Gasteiger partial charge in [0.05, 0.1) is 0 Å². The van der Waals surface area contributed by atoms with E-state index in [4.69, 9.17) is 0 Å². The molecular weight excluding hydrogens is 150 g/mol. The Morgan fingerprint density at radius 3 is 3.08 bits per heavy atom. The smallest absolute Gasteiger partial charge is 0.222 e. The standard InChI is InChI=1S/C10H17NO/c1-2-8-4-3-7-11-9(8)5-6-10(11)12/h8-9H,2-7H2,1H3/t8-,9-/m0/s1. The van der Waals surface area contributed by atoms with Crippen LogP contribution in [-0.2, 0) is 4.79 Å². The van der Waals surface area contributed by atoms with Crippen LogP contribution < -0.4 is 0 Å². The third-order valence-electron chi connectivity index (χ3n) is 3.42. The van der Waals surface area contributed by atoms with Gasteiger partial charge in [0.1, 0.15) is 0 Å². The fourth-order valence-corrected chi connectivity index (χ4v) is 2.73. The van der Waals surface area contributed by atoms with E-state index < -0.39 is 0 Å². The zero-order valence-electron chi connectivity index (χ0n) is 7.75. The Kier molecular flexibility index (Phi) is 2.07. The third-order valence-corrected chi connectivity index (χ3v) is 3.42. The van der Waals surface area contributed by atoms with Crippen LogP contribution in [0.25, 0.3) is 0 Å². The average Bonchev–Trinajstić information content (AvgIpc) is 2.48. The quantitative estimate of drug-likeness (QED) is 0.583. The summed E-state index contributed by atoms with van der Waals surface area (Å²) < 4.78 is 0. The van der Waals surface area contributed by atoms with Gasteiger partial charge in [0.15, 0.2) is 0 Å². The monoisotopic (exact) mass is 167 g/mol. The lowest BCUT2D eigenvalue weighted by Gasteiger charge is -2.36. The van der Waals surface area contributed by atoms with Crippen molar-refractivity contribution in [2.75, 3.05) is 6.54 Å². The third kappa shape index (κ3) is 1.13. The van der Waals surface area contributed by atoms with E-state index in [-0.39, 0.29) is 0 Å². The topological polar surface area (TPSA) is 20.3 Å². The minimum absolute atomic E-state index is 0.401. The van der Waals surface area contributed by atoms with Crippen LogP contribution in [0.4, 0.5) is 0 Å². The molecule has 2 saturated heterocycles. The molecule has 1 amide bonds. The molecule has 2 heterocycles. The number of amides is 1. The molecule has 2 rings (SSSR count). The summed E-state index contributed by atoms with van der Waals surface area (Å²) in [5.74, 6) is 1.20. The Labute approximate surface area is 73.9 Å². The van der Waals surface area contributed by atoms with Crippen LogP contribution in [0.5, 0.6) is 0 Å². The molecule has 0 aromatic heterocycles. The molecule has 2 fully saturated rings. The molecule has 0 N–H and O–H groups in total. The van der Waals surface area contributed by atoms with Crippen LogP contribution in [0.2, 0.25) is 0 Å². The van der Waals surface area contributed by atoms with Gasteiger partial charge in [-0.2, -0.15) is 0 Å². The van der Waals surface area contributed by atoms with Crippen LogP contribution in [0.1, 0.15) is 39.0 Å². The van der Waals surface area contributed by atoms with Crippen molar-refractivity contribution in [3.63, 3.8) is 0 Å². The van der Waals surface area contributed by atoms with Crippen LogP contribution in [0, 0.1) is 5.92 Å². The first-order valence-corrected chi connectivity index (χ1v) is 5.12. The summed E-state index contributed by atoms with van der Waals surface area (Å²) in [6.07, 6.45) is 5.73. The highest BCUT2D eigenvalue weighted by Crippen LogP contribution is 2.33. The van der Waals surface area contributed by atoms with Crippen LogP contribution >= 0.6 is 0 Å². The highest BCUT2D eigenvalue weighted by molar-refractivity contribution is 5.78. The molecule has 68 valence electrons. The molecule has 0 radical (unpaired) electrons. The number of carbonyl (C=O) groups excluding carboxylic acids is 1. The summed E-state index contributed by atoms with van der Waals surface area (Å²) in [7, 11) is 0. The van der Waals surface area contributed by atoms with Crippen molar-refractivity contribution in [1.29, 1.82) is 0 Å². The van der Waals surface area contributed by atoms with Gasteiger partial charge in [-0.15, -0.1) is 0 Å². The number of fused-ring (bicyclic) bond motifs is 1. The summed E-state index contributed by atoms with van der Waals surface area (Å²) in [5.41, 5.74) is 0. The molecule has 2 nitrogen and oxygen atoms in total. The van der Waals surface area contributed by atoms with E-state index in [2.05, 4.69) is 11.8 Å². The Morgan fingerprint density at radius 2 is 2.33 bits per heavy atom. The zero-order chi connectivity index (χ0) is 8.55. The van der Waals surface area contributed by atoms with E-state index in [1.807, 2.05) is 0 Å². The van der Waals surface area contributed by atoms with E-state index in [1.54, 1.807) is 0 Å². The minimum Gasteiger partial charge on any atom is -0.339 e. The molecule has 0 aromatic rings. The van der Waals surface area contributed by atoms with Crippen molar-refractivity contribution in [3.8, 4) is 0 Å². The number of rotatable bonds is 1. The minimum atomic E-state index is 0.401. The highest BCUT2D eigenvalue weighted by Gasteiger charge is 2.37. The largest absolute Gasteiger partial charge is 0.339 e. The molecule has 12 heavy (non-hydrogen) atoms. The molecule has 0 spiro atoms. The molecule has 0 unspecified atom stereocenters. The summed E-state index contributed by atoms with van der Waals surface area (Å²) in [6.45, 7) is 3.27. The lowest BCUT2D eigenvalue weighted by Crippen LogP contribution is -2.42. The lowest BCUT2D eigenvalue weighted by molar-refractivity contribution is -0.130. The average molecular weight is 167 g/mol. The maximum Gasteiger partial charge on any atom is 0.222 e. The van der Waals surface area contributed by atoms with Gasteiger partial charge in [0, 0.05) is 19.0 Å². The van der Waals surface area contributed by atoms with Gasteiger partial charge in [-0.3, -0.25) is 4.79 Å². The van der Waals surface area contributed by atoms with Crippen molar-refractivity contribution in [3.05, 3.63) is 0 Å². The lowest BCUT2D eigenvalue weighted by atomic mass is 9.87. The van der Waals surface area contributed by atoms with Gasteiger partial charge in [-0.05, 0) is 25.2 Å². The number of piperidine rings is 1.